The van der Waals surface area contributed by atoms with E-state index >= 15 is 0 Å². The molecule has 5 amide bonds. The summed E-state index contributed by atoms with van der Waals surface area (Å²) in [6, 6.07) is 0. The second-order valence-electron chi connectivity index (χ2n) is 26.4. The summed E-state index contributed by atoms with van der Waals surface area (Å²) in [6.45, 7) is -6.07. The van der Waals surface area contributed by atoms with Gasteiger partial charge in [-0.3, -0.25) is 33.7 Å². The number of carboxylic acid groups (broad SMARTS) is 1. The van der Waals surface area contributed by atoms with Crippen LogP contribution in [-0.4, -0.2) is 434 Å². The van der Waals surface area contributed by atoms with Crippen LogP contribution in [0.15, 0.2) is 0 Å². The molecule has 3 aliphatic heterocycles. The highest BCUT2D eigenvalue weighted by atomic mass is 16.7. The minimum atomic E-state index is -2.42. The van der Waals surface area contributed by atoms with Crippen LogP contribution in [0.2, 0.25) is 0 Å². The van der Waals surface area contributed by atoms with E-state index in [9.17, 15) is 131 Å². The molecule has 0 aromatic carbocycles. The summed E-state index contributed by atoms with van der Waals surface area (Å²) in [5.74, 6) is -3.48. The number of unbranched alkanes of at least 4 members (excludes halogenated alkanes) is 6. The van der Waals surface area contributed by atoms with Crippen LogP contribution < -0.4 is 26.6 Å². The van der Waals surface area contributed by atoms with E-state index in [0.29, 0.717) is 57.8 Å². The van der Waals surface area contributed by atoms with Crippen molar-refractivity contribution in [3.63, 3.8) is 0 Å². The molecule has 3 fully saturated rings. The quantitative estimate of drug-likeness (QED) is 0.0199. The molecule has 27 unspecified atom stereocenters. The Morgan fingerprint density at radius 2 is 0.706 bits per heavy atom. The first kappa shape index (κ1) is 98.7. The number of aliphatic hydroxyl groups excluding tert-OH is 23. The normalized spacial score (nSPS) is 27.9. The molecular formula is C64H118N6O39. The predicted molar refractivity (Wildman–Crippen MR) is 360 cm³/mol. The van der Waals surface area contributed by atoms with E-state index < -0.39 is 273 Å². The van der Waals surface area contributed by atoms with Crippen molar-refractivity contribution in [2.45, 2.75) is 262 Å². The average molecular weight is 1600 g/mol. The van der Waals surface area contributed by atoms with Gasteiger partial charge in [-0.15, -0.1) is 0 Å². The monoisotopic (exact) mass is 1590 g/mol. The lowest BCUT2D eigenvalue weighted by atomic mass is 9.98. The van der Waals surface area contributed by atoms with Crippen molar-refractivity contribution < 1.29 is 194 Å². The van der Waals surface area contributed by atoms with Crippen LogP contribution in [0, 0.1) is 0 Å². The standard InChI is InChI=1S/C64H118N6O39/c71-21-13-32(75)44(85)51(92)59(98)103-30-36-48(89)57(108-60(99)52(93)45(86)33(76)14-22-72)55(96)63(106-36)101-24-19-68-38(78)10-4-1-7-16-65-40(80)26-70(28-42(82)67-18-9-3-6-12-43(83)84)27-41(81)66-17-8-2-5-11-39(79)69-20-25-102-64-56(97)58(109-61(100)53(94)46(87)34(77)15-23-73)49(90)37(107-64)31-104-62-54(95)50(91)47(88)35(29-74)105-62/h32-37,44-64,71-77,85-100H,1-31H2,(H,65,80)(H,66,81)(H,67,82)(H,68,78)(H,69,79)(H,83,84). The van der Waals surface area contributed by atoms with Crippen LogP contribution in [0.5, 0.6) is 0 Å². The van der Waals surface area contributed by atoms with Crippen molar-refractivity contribution in [1.29, 1.82) is 0 Å². The fourth-order valence-electron chi connectivity index (χ4n) is 11.2. The van der Waals surface area contributed by atoms with Gasteiger partial charge in [0.15, 0.2) is 37.7 Å². The first-order valence-electron chi connectivity index (χ1n) is 36.1. The van der Waals surface area contributed by atoms with Gasteiger partial charge < -0.3 is 192 Å². The lowest BCUT2D eigenvalue weighted by Crippen LogP contribution is -2.63. The third-order valence-electron chi connectivity index (χ3n) is 17.7. The fraction of sp³-hybridized carbons (Fsp3) is 0.906. The molecule has 45 nitrogen and oxygen atoms in total. The van der Waals surface area contributed by atoms with Gasteiger partial charge in [0, 0.05) is 71.8 Å². The van der Waals surface area contributed by atoms with Crippen LogP contribution in [0.4, 0.5) is 0 Å². The lowest BCUT2D eigenvalue weighted by Gasteiger charge is -2.44. The molecule has 0 aromatic heterocycles. The summed E-state index contributed by atoms with van der Waals surface area (Å²) in [5.41, 5.74) is 0. The summed E-state index contributed by atoms with van der Waals surface area (Å²) in [6.07, 6.45) is -50.0. The first-order chi connectivity index (χ1) is 51.7. The molecule has 0 spiro atoms. The van der Waals surface area contributed by atoms with E-state index in [1.54, 1.807) is 0 Å². The lowest BCUT2D eigenvalue weighted by molar-refractivity contribution is -0.347. The van der Waals surface area contributed by atoms with Gasteiger partial charge in [-0.05, 0) is 57.8 Å². The number of carboxylic acids is 1. The number of ether oxygens (including phenoxy) is 9. The minimum absolute atomic E-state index is 0.000567. The molecule has 29 N–H and O–H groups in total. The summed E-state index contributed by atoms with van der Waals surface area (Å²) in [5, 5.41) is 258. The zero-order valence-electron chi connectivity index (χ0n) is 60.3. The maximum Gasteiger partial charge on any atom is 0.303 e. The number of nitrogens with one attached hydrogen (secondary N) is 5. The topological polar surface area (TPSA) is 734 Å². The number of aliphatic hydroxyl groups is 23. The van der Waals surface area contributed by atoms with Crippen molar-refractivity contribution >= 4 is 35.5 Å². The number of hydrogen-bond acceptors (Lipinski definition) is 39. The Labute approximate surface area is 626 Å². The number of amides is 5. The zero-order valence-corrected chi connectivity index (χ0v) is 60.3. The number of carbonyl (C=O) groups excluding carboxylic acids is 5. The van der Waals surface area contributed by atoms with Crippen molar-refractivity contribution in [3.05, 3.63) is 0 Å². The van der Waals surface area contributed by atoms with Crippen molar-refractivity contribution in [2.75, 3.05) is 105 Å². The highest BCUT2D eigenvalue weighted by Crippen LogP contribution is 2.31. The Balaban J connectivity index is 1.47. The SMILES string of the molecule is O=C(O)CCCCCNC(=O)CN(CC(=O)NCCCCCC(=O)NCCOC1OC(COC(O)C(O)C(O)C(O)CCO)C(O)C(OC(O)C(O)C(O)C(O)CCO)C1O)CC(=O)NCCCCCC(=O)NCCOC1OC(COC2OC(CO)C(O)C(O)C2O)C(O)C(OC(O)C(O)C(O)C(O)CCO)C1O. The highest BCUT2D eigenvalue weighted by molar-refractivity contribution is 5.84. The maximum absolute atomic E-state index is 13.2. The van der Waals surface area contributed by atoms with Gasteiger partial charge in [0.25, 0.3) is 0 Å². The Morgan fingerprint density at radius 3 is 1.08 bits per heavy atom. The maximum atomic E-state index is 13.2. The number of hydrogen-bond donors (Lipinski definition) is 29. The molecule has 638 valence electrons. The van der Waals surface area contributed by atoms with Gasteiger partial charge in [0.05, 0.1) is 71.0 Å². The average Bonchev–Trinajstić information content (AvgIpc) is 0.802. The molecule has 3 rings (SSSR count). The third-order valence-corrected chi connectivity index (χ3v) is 17.7. The van der Waals surface area contributed by atoms with E-state index in [2.05, 4.69) is 26.6 Å². The summed E-state index contributed by atoms with van der Waals surface area (Å²) < 4.78 is 49.1. The van der Waals surface area contributed by atoms with Crippen molar-refractivity contribution in [3.8, 4) is 0 Å². The molecule has 0 aliphatic carbocycles. The molecule has 0 bridgehead atoms. The van der Waals surface area contributed by atoms with Gasteiger partial charge in [-0.2, -0.15) is 0 Å². The van der Waals surface area contributed by atoms with Crippen LogP contribution in [0.1, 0.15) is 96.3 Å². The van der Waals surface area contributed by atoms with Crippen molar-refractivity contribution in [2.24, 2.45) is 0 Å². The van der Waals surface area contributed by atoms with Crippen molar-refractivity contribution in [1.82, 2.24) is 31.5 Å². The first-order valence-corrected chi connectivity index (χ1v) is 36.1. The largest absolute Gasteiger partial charge is 0.481 e. The molecule has 0 aromatic rings. The highest BCUT2D eigenvalue weighted by Gasteiger charge is 2.52. The smallest absolute Gasteiger partial charge is 0.303 e. The molecule has 3 heterocycles. The van der Waals surface area contributed by atoms with Gasteiger partial charge in [0.1, 0.15) is 110 Å². The molecule has 27 atom stereocenters. The zero-order chi connectivity index (χ0) is 81.4. The predicted octanol–water partition coefficient (Wildman–Crippen LogP) is -14.5. The number of carbonyl (C=O) groups is 6. The van der Waals surface area contributed by atoms with Gasteiger partial charge in [0.2, 0.25) is 29.5 Å². The van der Waals surface area contributed by atoms with Crippen LogP contribution in [0.25, 0.3) is 0 Å². The second kappa shape index (κ2) is 53.5. The van der Waals surface area contributed by atoms with E-state index in [4.69, 9.17) is 63.1 Å². The van der Waals surface area contributed by atoms with Gasteiger partial charge in [-0.1, -0.05) is 19.3 Å². The van der Waals surface area contributed by atoms with E-state index in [1.165, 1.54) is 4.90 Å². The minimum Gasteiger partial charge on any atom is -0.481 e. The van der Waals surface area contributed by atoms with Gasteiger partial charge >= 0.3 is 5.97 Å². The van der Waals surface area contributed by atoms with E-state index in [-0.39, 0.29) is 71.7 Å². The molecular weight excluding hydrogens is 1480 g/mol. The van der Waals surface area contributed by atoms with Gasteiger partial charge in [-0.25, -0.2) is 0 Å². The number of rotatable bonds is 58. The third kappa shape index (κ3) is 35.4. The molecule has 109 heavy (non-hydrogen) atoms. The molecule has 3 aliphatic rings. The van der Waals surface area contributed by atoms with E-state index in [1.807, 2.05) is 0 Å². The Morgan fingerprint density at radius 1 is 0.358 bits per heavy atom. The summed E-state index contributed by atoms with van der Waals surface area (Å²) in [7, 11) is 0. The summed E-state index contributed by atoms with van der Waals surface area (Å²) in [4.78, 5) is 77.0. The Hall–Kier alpha value is -4.50. The molecule has 45 heteroatoms. The Kier molecular flexibility index (Phi) is 48.5. The van der Waals surface area contributed by atoms with Crippen LogP contribution in [-0.2, 0) is 71.4 Å². The molecule has 0 saturated carbocycles. The Bertz CT molecular complexity index is 2540. The van der Waals surface area contributed by atoms with Crippen LogP contribution >= 0.6 is 0 Å². The summed E-state index contributed by atoms with van der Waals surface area (Å²) >= 11 is 0. The number of aliphatic carboxylic acids is 1. The van der Waals surface area contributed by atoms with Crippen LogP contribution in [0.3, 0.4) is 0 Å². The fourth-order valence-corrected chi connectivity index (χ4v) is 11.2. The molecule has 0 radical (unpaired) electrons. The van der Waals surface area contributed by atoms with E-state index in [0.717, 1.165) is 0 Å². The number of nitrogens with zero attached hydrogens (tertiary/aromatic N) is 1. The second-order valence-corrected chi connectivity index (χ2v) is 26.4. The molecule has 3 saturated heterocycles.